The van der Waals surface area contributed by atoms with Gasteiger partial charge in [0.05, 0.1) is 5.38 Å². The van der Waals surface area contributed by atoms with E-state index in [2.05, 4.69) is 46.6 Å². The van der Waals surface area contributed by atoms with Crippen molar-refractivity contribution in [2.45, 2.75) is 19.2 Å². The quantitative estimate of drug-likeness (QED) is 0.639. The predicted octanol–water partition coefficient (Wildman–Crippen LogP) is 5.52. The van der Waals surface area contributed by atoms with E-state index in [1.54, 1.807) is 22.7 Å². The van der Waals surface area contributed by atoms with Crippen molar-refractivity contribution >= 4 is 50.2 Å². The third-order valence-corrected chi connectivity index (χ3v) is 5.97. The summed E-state index contributed by atoms with van der Waals surface area (Å²) in [6.07, 6.45) is 0. The second-order valence-electron chi connectivity index (χ2n) is 3.43. The Morgan fingerprint density at radius 3 is 2.53 bits per heavy atom. The van der Waals surface area contributed by atoms with Crippen molar-refractivity contribution in [2.24, 2.45) is 0 Å². The van der Waals surface area contributed by atoms with Gasteiger partial charge < -0.3 is 0 Å². The molecule has 15 heavy (non-hydrogen) atoms. The van der Waals surface area contributed by atoms with Crippen LogP contribution in [0.5, 0.6) is 0 Å². The van der Waals surface area contributed by atoms with Crippen molar-refractivity contribution in [3.63, 3.8) is 0 Å². The van der Waals surface area contributed by atoms with E-state index < -0.39 is 0 Å². The molecule has 0 bridgehead atoms. The number of hydrogen-bond donors (Lipinski definition) is 0. The number of hydrogen-bond acceptors (Lipinski definition) is 2. The zero-order valence-electron chi connectivity index (χ0n) is 8.38. The zero-order valence-corrected chi connectivity index (χ0v) is 12.4. The molecule has 0 saturated carbocycles. The van der Waals surface area contributed by atoms with Crippen molar-refractivity contribution in [1.29, 1.82) is 0 Å². The van der Waals surface area contributed by atoms with Crippen LogP contribution < -0.4 is 0 Å². The van der Waals surface area contributed by atoms with Gasteiger partial charge in [0.2, 0.25) is 0 Å². The second kappa shape index (κ2) is 4.58. The summed E-state index contributed by atoms with van der Waals surface area (Å²) >= 11 is 13.4. The molecule has 1 atom stereocenters. The summed E-state index contributed by atoms with van der Waals surface area (Å²) in [6.45, 7) is 4.21. The summed E-state index contributed by atoms with van der Waals surface area (Å²) in [5.41, 5.74) is 2.51. The molecule has 2 aromatic rings. The van der Waals surface area contributed by atoms with E-state index in [1.165, 1.54) is 20.9 Å². The minimum atomic E-state index is -0.00810. The first-order valence-electron chi connectivity index (χ1n) is 4.52. The lowest BCUT2D eigenvalue weighted by molar-refractivity contribution is 1.17. The van der Waals surface area contributed by atoms with Gasteiger partial charge >= 0.3 is 0 Å². The van der Waals surface area contributed by atoms with Crippen LogP contribution in [0.3, 0.4) is 0 Å². The Bertz CT molecular complexity index is 453. The van der Waals surface area contributed by atoms with Crippen LogP contribution in [0.2, 0.25) is 0 Å². The molecule has 0 nitrogen and oxygen atoms in total. The normalized spacial score (nSPS) is 13.1. The van der Waals surface area contributed by atoms with Crippen LogP contribution in [0, 0.1) is 13.8 Å². The molecular formula is C11H10BrClS2. The van der Waals surface area contributed by atoms with E-state index in [9.17, 15) is 0 Å². The Hall–Kier alpha value is 0.170. The lowest BCUT2D eigenvalue weighted by Crippen LogP contribution is -1.89. The fourth-order valence-electron chi connectivity index (χ4n) is 1.39. The van der Waals surface area contributed by atoms with Gasteiger partial charge in [-0.1, -0.05) is 0 Å². The highest BCUT2D eigenvalue weighted by atomic mass is 79.9. The SMILES string of the molecule is Cc1cscc1C(Cl)c1cc(Br)c(C)s1. The van der Waals surface area contributed by atoms with E-state index in [0.717, 1.165) is 4.47 Å². The van der Waals surface area contributed by atoms with Crippen molar-refractivity contribution < 1.29 is 0 Å². The van der Waals surface area contributed by atoms with E-state index in [4.69, 9.17) is 11.6 Å². The van der Waals surface area contributed by atoms with Crippen molar-refractivity contribution in [3.8, 4) is 0 Å². The molecule has 4 heteroatoms. The van der Waals surface area contributed by atoms with E-state index in [0.29, 0.717) is 0 Å². The molecular weight excluding hydrogens is 312 g/mol. The Kier molecular flexibility index (Phi) is 3.56. The van der Waals surface area contributed by atoms with Gasteiger partial charge in [0.1, 0.15) is 0 Å². The summed E-state index contributed by atoms with van der Waals surface area (Å²) in [5.74, 6) is 0. The first-order valence-corrected chi connectivity index (χ1v) is 7.51. The van der Waals surface area contributed by atoms with Gasteiger partial charge in [0, 0.05) is 14.2 Å². The van der Waals surface area contributed by atoms with E-state index in [-0.39, 0.29) is 5.38 Å². The van der Waals surface area contributed by atoms with Crippen LogP contribution in [0.4, 0.5) is 0 Å². The minimum Gasteiger partial charge on any atom is -0.152 e. The first-order chi connectivity index (χ1) is 7.09. The maximum absolute atomic E-state index is 6.46. The molecule has 0 fully saturated rings. The van der Waals surface area contributed by atoms with Gasteiger partial charge in [-0.2, -0.15) is 11.3 Å². The van der Waals surface area contributed by atoms with Gasteiger partial charge in [0.15, 0.2) is 0 Å². The number of alkyl halides is 1. The fourth-order valence-corrected chi connectivity index (χ4v) is 4.33. The number of rotatable bonds is 2. The monoisotopic (exact) mass is 320 g/mol. The van der Waals surface area contributed by atoms with Gasteiger partial charge in [-0.15, -0.1) is 22.9 Å². The Morgan fingerprint density at radius 1 is 1.33 bits per heavy atom. The topological polar surface area (TPSA) is 0 Å². The average Bonchev–Trinajstić information content (AvgIpc) is 2.74. The molecule has 0 aromatic carbocycles. The Balaban J connectivity index is 2.36. The molecule has 0 spiro atoms. The lowest BCUT2D eigenvalue weighted by atomic mass is 10.1. The predicted molar refractivity (Wildman–Crippen MR) is 73.5 cm³/mol. The smallest absolute Gasteiger partial charge is 0.0938 e. The molecule has 2 heterocycles. The number of halogens is 2. The van der Waals surface area contributed by atoms with Crippen LogP contribution in [-0.2, 0) is 0 Å². The standard InChI is InChI=1S/C11H10BrClS2/c1-6-4-14-5-8(6)11(13)10-3-9(12)7(2)15-10/h3-5,11H,1-2H3. The molecule has 0 amide bonds. The molecule has 0 aliphatic carbocycles. The number of thiophene rings is 2. The molecule has 0 radical (unpaired) electrons. The van der Waals surface area contributed by atoms with Crippen LogP contribution in [-0.4, -0.2) is 0 Å². The third-order valence-electron chi connectivity index (χ3n) is 2.29. The highest BCUT2D eigenvalue weighted by molar-refractivity contribution is 9.10. The van der Waals surface area contributed by atoms with Crippen molar-refractivity contribution in [3.05, 3.63) is 42.2 Å². The van der Waals surface area contributed by atoms with Gasteiger partial charge in [-0.3, -0.25) is 0 Å². The van der Waals surface area contributed by atoms with Gasteiger partial charge in [0.25, 0.3) is 0 Å². The summed E-state index contributed by atoms with van der Waals surface area (Å²) in [4.78, 5) is 2.49. The fraction of sp³-hybridized carbons (Fsp3) is 0.273. The van der Waals surface area contributed by atoms with Gasteiger partial charge in [-0.05, 0) is 57.7 Å². The van der Waals surface area contributed by atoms with Crippen LogP contribution in [0.1, 0.15) is 26.3 Å². The molecule has 2 rings (SSSR count). The van der Waals surface area contributed by atoms with Crippen molar-refractivity contribution in [1.82, 2.24) is 0 Å². The van der Waals surface area contributed by atoms with E-state index in [1.807, 2.05) is 0 Å². The maximum Gasteiger partial charge on any atom is 0.0938 e. The summed E-state index contributed by atoms with van der Waals surface area (Å²) in [7, 11) is 0. The molecule has 0 saturated heterocycles. The van der Waals surface area contributed by atoms with Crippen LogP contribution >= 0.6 is 50.2 Å². The second-order valence-corrected chi connectivity index (χ2v) is 6.75. The number of aryl methyl sites for hydroxylation is 2. The largest absolute Gasteiger partial charge is 0.152 e. The molecule has 0 aliphatic heterocycles. The highest BCUT2D eigenvalue weighted by Crippen LogP contribution is 2.39. The molecule has 1 unspecified atom stereocenters. The molecule has 0 aliphatic rings. The van der Waals surface area contributed by atoms with E-state index >= 15 is 0 Å². The molecule has 2 aromatic heterocycles. The Morgan fingerprint density at radius 2 is 2.07 bits per heavy atom. The molecule has 80 valence electrons. The molecule has 0 N–H and O–H groups in total. The first kappa shape index (κ1) is 11.6. The average molecular weight is 322 g/mol. The van der Waals surface area contributed by atoms with Gasteiger partial charge in [-0.25, -0.2) is 0 Å². The zero-order chi connectivity index (χ0) is 11.0. The van der Waals surface area contributed by atoms with Crippen molar-refractivity contribution in [2.75, 3.05) is 0 Å². The Labute approximate surface area is 111 Å². The van der Waals surface area contributed by atoms with Crippen LogP contribution in [0.25, 0.3) is 0 Å². The maximum atomic E-state index is 6.46. The minimum absolute atomic E-state index is 0.00810. The summed E-state index contributed by atoms with van der Waals surface area (Å²) in [5, 5.41) is 4.27. The summed E-state index contributed by atoms with van der Waals surface area (Å²) < 4.78 is 1.15. The third kappa shape index (κ3) is 2.31. The highest BCUT2D eigenvalue weighted by Gasteiger charge is 2.17. The lowest BCUT2D eigenvalue weighted by Gasteiger charge is -2.06. The summed E-state index contributed by atoms with van der Waals surface area (Å²) in [6, 6.07) is 2.12. The van der Waals surface area contributed by atoms with Crippen LogP contribution in [0.15, 0.2) is 21.3 Å².